The minimum absolute atomic E-state index is 0.257. The maximum absolute atomic E-state index is 9.45. The maximum Gasteiger partial charge on any atom is 0.101 e. The van der Waals surface area contributed by atoms with Crippen LogP contribution in [0.5, 0.6) is 0 Å². The van der Waals surface area contributed by atoms with Gasteiger partial charge in [0.15, 0.2) is 0 Å². The normalized spacial score (nSPS) is 14.2. The van der Waals surface area contributed by atoms with E-state index in [1.165, 1.54) is 0 Å². The lowest BCUT2D eigenvalue weighted by molar-refractivity contribution is 0.0697. The Bertz CT molecular complexity index is 537. The van der Waals surface area contributed by atoms with Crippen LogP contribution in [0.4, 0.5) is 0 Å². The van der Waals surface area contributed by atoms with Gasteiger partial charge in [-0.3, -0.25) is 0 Å². The average molecular weight is 284 g/mol. The van der Waals surface area contributed by atoms with Crippen molar-refractivity contribution >= 4 is 0 Å². The molecule has 3 heteroatoms. The fraction of sp³-hybridized carbons (Fsp3) is 0.222. The van der Waals surface area contributed by atoms with Crippen LogP contribution < -0.4 is 0 Å². The van der Waals surface area contributed by atoms with Gasteiger partial charge < -0.3 is 14.9 Å². The Balaban J connectivity index is 2.07. The summed E-state index contributed by atoms with van der Waals surface area (Å²) in [7, 11) is 0. The van der Waals surface area contributed by atoms with E-state index in [0.717, 1.165) is 11.1 Å². The fourth-order valence-corrected chi connectivity index (χ4v) is 1.96. The van der Waals surface area contributed by atoms with Crippen LogP contribution in [-0.2, 0) is 11.3 Å². The van der Waals surface area contributed by atoms with Crippen molar-refractivity contribution < 1.29 is 14.9 Å². The van der Waals surface area contributed by atoms with Crippen molar-refractivity contribution in [2.75, 3.05) is 6.61 Å². The first-order valence-electron chi connectivity index (χ1n) is 6.97. The van der Waals surface area contributed by atoms with E-state index >= 15 is 0 Å². The first-order chi connectivity index (χ1) is 10.3. The molecule has 0 bridgehead atoms. The molecule has 0 heterocycles. The van der Waals surface area contributed by atoms with Gasteiger partial charge in [0, 0.05) is 0 Å². The molecule has 110 valence electrons. The van der Waals surface area contributed by atoms with E-state index in [0.29, 0.717) is 6.61 Å². The second-order valence-electron chi connectivity index (χ2n) is 4.76. The smallest absolute Gasteiger partial charge is 0.101 e. The highest BCUT2D eigenvalue weighted by Gasteiger charge is 2.09. The van der Waals surface area contributed by atoms with Crippen molar-refractivity contribution in [3.8, 4) is 0 Å². The van der Waals surface area contributed by atoms with Gasteiger partial charge in [-0.15, -0.1) is 0 Å². The van der Waals surface area contributed by atoms with Crippen molar-refractivity contribution in [3.63, 3.8) is 0 Å². The third-order valence-electron chi connectivity index (χ3n) is 3.10. The molecule has 0 spiro atoms. The summed E-state index contributed by atoms with van der Waals surface area (Å²) < 4.78 is 5.93. The summed E-state index contributed by atoms with van der Waals surface area (Å²) in [5.74, 6) is 0. The van der Waals surface area contributed by atoms with Gasteiger partial charge in [0.1, 0.15) is 6.10 Å². The monoisotopic (exact) mass is 284 g/mol. The van der Waals surface area contributed by atoms with Crippen LogP contribution in [0.15, 0.2) is 72.8 Å². The zero-order valence-corrected chi connectivity index (χ0v) is 11.8. The van der Waals surface area contributed by atoms with Crippen LogP contribution in [0.3, 0.4) is 0 Å². The molecule has 2 atom stereocenters. The van der Waals surface area contributed by atoms with E-state index in [2.05, 4.69) is 0 Å². The molecule has 3 nitrogen and oxygen atoms in total. The zero-order valence-electron chi connectivity index (χ0n) is 11.8. The van der Waals surface area contributed by atoms with E-state index < -0.39 is 6.10 Å². The van der Waals surface area contributed by atoms with Gasteiger partial charge in [-0.05, 0) is 11.1 Å². The summed E-state index contributed by atoms with van der Waals surface area (Å²) in [6.45, 7) is 0.191. The highest BCUT2D eigenvalue weighted by Crippen LogP contribution is 2.20. The minimum Gasteiger partial charge on any atom is -0.393 e. The first-order valence-corrected chi connectivity index (χ1v) is 6.97. The summed E-state index contributed by atoms with van der Waals surface area (Å²) in [6, 6.07) is 19.7. The number of aliphatic hydroxyl groups excluding tert-OH is 2. The van der Waals surface area contributed by atoms with Gasteiger partial charge in [-0.1, -0.05) is 72.8 Å². The van der Waals surface area contributed by atoms with E-state index in [1.807, 2.05) is 60.7 Å². The van der Waals surface area contributed by atoms with Crippen molar-refractivity contribution in [3.05, 3.63) is 83.9 Å². The first kappa shape index (κ1) is 15.4. The van der Waals surface area contributed by atoms with Crippen LogP contribution in [0.25, 0.3) is 0 Å². The predicted molar refractivity (Wildman–Crippen MR) is 82.6 cm³/mol. The molecule has 0 aliphatic rings. The molecule has 21 heavy (non-hydrogen) atoms. The molecule has 2 aromatic rings. The molecule has 2 rings (SSSR count). The topological polar surface area (TPSA) is 49.7 Å². The van der Waals surface area contributed by atoms with E-state index in [1.54, 1.807) is 12.2 Å². The number of ether oxygens (including phenoxy) is 1. The number of hydrogen-bond donors (Lipinski definition) is 2. The zero-order chi connectivity index (χ0) is 14.9. The van der Waals surface area contributed by atoms with Gasteiger partial charge in [0.2, 0.25) is 0 Å². The van der Waals surface area contributed by atoms with Crippen molar-refractivity contribution in [1.29, 1.82) is 0 Å². The Morgan fingerprint density at radius 3 is 2.14 bits per heavy atom. The molecule has 0 aliphatic carbocycles. The number of aliphatic hydroxyl groups is 2. The largest absolute Gasteiger partial charge is 0.393 e. The Hall–Kier alpha value is -1.94. The van der Waals surface area contributed by atoms with Gasteiger partial charge in [0.25, 0.3) is 0 Å². The van der Waals surface area contributed by atoms with E-state index in [-0.39, 0.29) is 12.7 Å². The number of benzene rings is 2. The molecular weight excluding hydrogens is 264 g/mol. The summed E-state index contributed by atoms with van der Waals surface area (Å²) in [5.41, 5.74) is 2.10. The summed E-state index contributed by atoms with van der Waals surface area (Å²) in [4.78, 5) is 0. The summed E-state index contributed by atoms with van der Waals surface area (Å²) in [6.07, 6.45) is 2.21. The molecular formula is C18H20O3. The quantitative estimate of drug-likeness (QED) is 0.769. The molecule has 2 N–H and O–H groups in total. The van der Waals surface area contributed by atoms with Crippen LogP contribution in [0, 0.1) is 0 Å². The molecule has 0 aliphatic heterocycles. The highest BCUT2D eigenvalue weighted by molar-refractivity contribution is 5.22. The summed E-state index contributed by atoms with van der Waals surface area (Å²) >= 11 is 0. The number of rotatable bonds is 7. The third kappa shape index (κ3) is 5.16. The minimum atomic E-state index is -0.864. The maximum atomic E-state index is 9.45. The highest BCUT2D eigenvalue weighted by atomic mass is 16.5. The lowest BCUT2D eigenvalue weighted by atomic mass is 10.1. The van der Waals surface area contributed by atoms with Crippen molar-refractivity contribution in [2.45, 2.75) is 18.8 Å². The lowest BCUT2D eigenvalue weighted by Gasteiger charge is -2.15. The SMILES string of the molecule is OC[C@@H](O)/C=C/[C@@H](OCc1ccccc1)c1ccccc1. The Morgan fingerprint density at radius 2 is 1.52 bits per heavy atom. The Morgan fingerprint density at radius 1 is 0.905 bits per heavy atom. The van der Waals surface area contributed by atoms with Crippen LogP contribution in [0.2, 0.25) is 0 Å². The van der Waals surface area contributed by atoms with E-state index in [4.69, 9.17) is 9.84 Å². The second kappa shape index (κ2) is 8.37. The van der Waals surface area contributed by atoms with Gasteiger partial charge in [-0.25, -0.2) is 0 Å². The molecule has 0 saturated carbocycles. The van der Waals surface area contributed by atoms with Crippen molar-refractivity contribution in [1.82, 2.24) is 0 Å². The Kier molecular flexibility index (Phi) is 6.16. The molecule has 0 fully saturated rings. The van der Waals surface area contributed by atoms with Gasteiger partial charge in [-0.2, -0.15) is 0 Å². The standard InChI is InChI=1S/C18H20O3/c19-13-17(20)11-12-18(16-9-5-2-6-10-16)21-14-15-7-3-1-4-8-15/h1-12,17-20H,13-14H2/b12-11+/t17-,18+/m0/s1. The van der Waals surface area contributed by atoms with Crippen LogP contribution in [-0.4, -0.2) is 22.9 Å². The average Bonchev–Trinajstić information content (AvgIpc) is 2.56. The second-order valence-corrected chi connectivity index (χ2v) is 4.76. The lowest BCUT2D eigenvalue weighted by Crippen LogP contribution is -2.09. The predicted octanol–water partition coefficient (Wildman–Crippen LogP) is 2.85. The molecule has 2 aromatic carbocycles. The van der Waals surface area contributed by atoms with E-state index in [9.17, 15) is 5.11 Å². The molecule has 0 amide bonds. The van der Waals surface area contributed by atoms with Crippen LogP contribution >= 0.6 is 0 Å². The molecule has 0 aromatic heterocycles. The molecule has 0 saturated heterocycles. The Labute approximate surface area is 125 Å². The van der Waals surface area contributed by atoms with Crippen LogP contribution in [0.1, 0.15) is 17.2 Å². The third-order valence-corrected chi connectivity index (χ3v) is 3.10. The fourth-order valence-electron chi connectivity index (χ4n) is 1.96. The molecule has 0 radical (unpaired) electrons. The number of hydrogen-bond acceptors (Lipinski definition) is 3. The van der Waals surface area contributed by atoms with Gasteiger partial charge >= 0.3 is 0 Å². The van der Waals surface area contributed by atoms with Gasteiger partial charge in [0.05, 0.1) is 19.3 Å². The summed E-state index contributed by atoms with van der Waals surface area (Å²) in [5, 5.41) is 18.3. The van der Waals surface area contributed by atoms with Crippen molar-refractivity contribution in [2.24, 2.45) is 0 Å². The molecule has 0 unspecified atom stereocenters.